The topological polar surface area (TPSA) is 66.5 Å². The molecule has 5 heteroatoms. The molecule has 0 atom stereocenters. The summed E-state index contributed by atoms with van der Waals surface area (Å²) in [4.78, 5) is 33.1. The molecule has 0 unspecified atom stereocenters. The number of likely N-dealkylation sites (N-methyl/N-ethyl adjacent to an activating group) is 1. The number of carbonyl (C=O) groups is 3. The number of barbiturate groups is 1. The third-order valence-corrected chi connectivity index (χ3v) is 1.36. The van der Waals surface area contributed by atoms with Crippen molar-refractivity contribution in [2.45, 2.75) is 0 Å². The maximum absolute atomic E-state index is 10.9. The lowest BCUT2D eigenvalue weighted by atomic mass is 10.2. The number of hydrogen-bond acceptors (Lipinski definition) is 3. The van der Waals surface area contributed by atoms with E-state index in [0.29, 0.717) is 0 Å². The molecule has 0 saturated carbocycles. The van der Waals surface area contributed by atoms with Crippen molar-refractivity contribution in [3.05, 3.63) is 12.2 Å². The molecule has 1 N–H and O–H groups in total. The molecule has 58 valence electrons. The fourth-order valence-corrected chi connectivity index (χ4v) is 0.648. The Morgan fingerprint density at radius 2 is 1.91 bits per heavy atom. The summed E-state index contributed by atoms with van der Waals surface area (Å²) in [5.41, 5.74) is -0.216. The van der Waals surface area contributed by atoms with E-state index < -0.39 is 17.8 Å². The van der Waals surface area contributed by atoms with E-state index >= 15 is 0 Å². The highest BCUT2D eigenvalue weighted by Gasteiger charge is 2.31. The smallest absolute Gasteiger partial charge is 0.273 e. The first-order valence-electron chi connectivity index (χ1n) is 2.86. The van der Waals surface area contributed by atoms with Gasteiger partial charge < -0.3 is 0 Å². The molecule has 0 radical (unpaired) electrons. The molecule has 0 aromatic carbocycles. The monoisotopic (exact) mass is 154 g/mol. The summed E-state index contributed by atoms with van der Waals surface area (Å²) < 4.78 is 0. The van der Waals surface area contributed by atoms with Crippen molar-refractivity contribution < 1.29 is 14.4 Å². The maximum atomic E-state index is 10.9. The van der Waals surface area contributed by atoms with Crippen molar-refractivity contribution in [3.8, 4) is 0 Å². The second-order valence-electron chi connectivity index (χ2n) is 2.10. The van der Waals surface area contributed by atoms with Gasteiger partial charge in [-0.25, -0.2) is 4.79 Å². The number of imide groups is 2. The number of nitrogens with one attached hydrogen (secondary N) is 1. The van der Waals surface area contributed by atoms with Gasteiger partial charge in [0.05, 0.1) is 5.57 Å². The van der Waals surface area contributed by atoms with E-state index in [2.05, 4.69) is 6.58 Å². The Hall–Kier alpha value is -1.65. The van der Waals surface area contributed by atoms with Gasteiger partial charge in [0, 0.05) is 7.05 Å². The van der Waals surface area contributed by atoms with E-state index in [1.807, 2.05) is 5.32 Å². The first-order valence-corrected chi connectivity index (χ1v) is 2.86. The Morgan fingerprint density at radius 3 is 2.45 bits per heavy atom. The SMILES string of the molecule is C=C1C(=O)NC(=O)N(C)C1=O. The average Bonchev–Trinajstić information content (AvgIpc) is 1.97. The van der Waals surface area contributed by atoms with E-state index in [9.17, 15) is 14.4 Å². The van der Waals surface area contributed by atoms with E-state index in [-0.39, 0.29) is 5.57 Å². The van der Waals surface area contributed by atoms with Crippen LogP contribution in [0.4, 0.5) is 4.79 Å². The minimum Gasteiger partial charge on any atom is -0.273 e. The average molecular weight is 154 g/mol. The molecular formula is C6H6N2O3. The molecule has 1 rings (SSSR count). The zero-order valence-electron chi connectivity index (χ0n) is 5.88. The van der Waals surface area contributed by atoms with Crippen LogP contribution in [0, 0.1) is 0 Å². The standard InChI is InChI=1S/C6H6N2O3/c1-3-4(9)7-6(11)8(2)5(3)10/h1H2,2H3,(H,7,9,11). The van der Waals surface area contributed by atoms with Crippen LogP contribution in [0.1, 0.15) is 0 Å². The van der Waals surface area contributed by atoms with Crippen LogP contribution >= 0.6 is 0 Å². The van der Waals surface area contributed by atoms with Crippen LogP contribution < -0.4 is 5.32 Å². The van der Waals surface area contributed by atoms with Gasteiger partial charge in [0.15, 0.2) is 0 Å². The number of nitrogens with zero attached hydrogens (tertiary/aromatic N) is 1. The number of rotatable bonds is 0. The van der Waals surface area contributed by atoms with Crippen molar-refractivity contribution in [1.82, 2.24) is 10.2 Å². The molecule has 11 heavy (non-hydrogen) atoms. The normalized spacial score (nSPS) is 18.8. The summed E-state index contributed by atoms with van der Waals surface area (Å²) in [6.45, 7) is 3.21. The van der Waals surface area contributed by atoms with Gasteiger partial charge in [-0.1, -0.05) is 6.58 Å². The molecule has 1 aliphatic heterocycles. The number of urea groups is 1. The summed E-state index contributed by atoms with van der Waals surface area (Å²) in [6, 6.07) is -0.715. The van der Waals surface area contributed by atoms with Crippen molar-refractivity contribution >= 4 is 17.8 Å². The minimum absolute atomic E-state index is 0.216. The molecule has 1 fully saturated rings. The van der Waals surface area contributed by atoms with E-state index in [1.54, 1.807) is 0 Å². The largest absolute Gasteiger partial charge is 0.331 e. The Balaban J connectivity index is 2.96. The summed E-state index contributed by atoms with van der Waals surface area (Å²) >= 11 is 0. The van der Waals surface area contributed by atoms with E-state index in [0.717, 1.165) is 4.90 Å². The molecular weight excluding hydrogens is 148 g/mol. The second-order valence-corrected chi connectivity index (χ2v) is 2.10. The fourth-order valence-electron chi connectivity index (χ4n) is 0.648. The van der Waals surface area contributed by atoms with Crippen LogP contribution in [0.25, 0.3) is 0 Å². The van der Waals surface area contributed by atoms with Gasteiger partial charge in [-0.05, 0) is 0 Å². The van der Waals surface area contributed by atoms with Crippen LogP contribution in [-0.2, 0) is 9.59 Å². The van der Waals surface area contributed by atoms with Gasteiger partial charge in [-0.3, -0.25) is 19.8 Å². The first kappa shape index (κ1) is 7.46. The summed E-state index contributed by atoms with van der Waals surface area (Å²) in [5.74, 6) is -1.38. The lowest BCUT2D eigenvalue weighted by Crippen LogP contribution is -2.51. The lowest BCUT2D eigenvalue weighted by molar-refractivity contribution is -0.129. The van der Waals surface area contributed by atoms with Crippen molar-refractivity contribution in [2.75, 3.05) is 7.05 Å². The van der Waals surface area contributed by atoms with Crippen LogP contribution in [0.2, 0.25) is 0 Å². The Morgan fingerprint density at radius 1 is 1.36 bits per heavy atom. The maximum Gasteiger partial charge on any atom is 0.331 e. The predicted octanol–water partition coefficient (Wildman–Crippen LogP) is -0.749. The van der Waals surface area contributed by atoms with Crippen LogP contribution in [0.15, 0.2) is 12.2 Å². The van der Waals surface area contributed by atoms with E-state index in [1.165, 1.54) is 7.05 Å². The van der Waals surface area contributed by atoms with Crippen LogP contribution in [0.3, 0.4) is 0 Å². The van der Waals surface area contributed by atoms with Gasteiger partial charge in [-0.2, -0.15) is 0 Å². The third-order valence-electron chi connectivity index (χ3n) is 1.36. The zero-order chi connectivity index (χ0) is 8.59. The quantitative estimate of drug-likeness (QED) is 0.369. The van der Waals surface area contributed by atoms with E-state index in [4.69, 9.17) is 0 Å². The molecule has 1 aliphatic rings. The summed E-state index contributed by atoms with van der Waals surface area (Å²) in [5, 5.41) is 1.94. The van der Waals surface area contributed by atoms with Gasteiger partial charge in [0.2, 0.25) is 0 Å². The van der Waals surface area contributed by atoms with Gasteiger partial charge >= 0.3 is 6.03 Å². The number of amides is 4. The molecule has 0 aromatic rings. The van der Waals surface area contributed by atoms with Crippen molar-refractivity contribution in [1.29, 1.82) is 0 Å². The van der Waals surface area contributed by atoms with Crippen molar-refractivity contribution in [3.63, 3.8) is 0 Å². The second kappa shape index (κ2) is 2.19. The summed E-state index contributed by atoms with van der Waals surface area (Å²) in [6.07, 6.45) is 0. The Labute approximate surface area is 62.7 Å². The highest BCUT2D eigenvalue weighted by Crippen LogP contribution is 2.03. The minimum atomic E-state index is -0.724. The molecule has 1 saturated heterocycles. The lowest BCUT2D eigenvalue weighted by Gasteiger charge is -2.21. The Bertz CT molecular complexity index is 269. The summed E-state index contributed by atoms with van der Waals surface area (Å²) in [7, 11) is 1.27. The molecule has 5 nitrogen and oxygen atoms in total. The third kappa shape index (κ3) is 1.000. The predicted molar refractivity (Wildman–Crippen MR) is 35.4 cm³/mol. The zero-order valence-corrected chi connectivity index (χ0v) is 5.88. The van der Waals surface area contributed by atoms with Gasteiger partial charge in [0.1, 0.15) is 0 Å². The fraction of sp³-hybridized carbons (Fsp3) is 0.167. The molecule has 0 aromatic heterocycles. The first-order chi connectivity index (χ1) is 5.04. The molecule has 1 heterocycles. The van der Waals surface area contributed by atoms with Crippen LogP contribution in [0.5, 0.6) is 0 Å². The van der Waals surface area contributed by atoms with Crippen LogP contribution in [-0.4, -0.2) is 29.8 Å². The Kier molecular flexibility index (Phi) is 1.48. The highest BCUT2D eigenvalue weighted by molar-refractivity contribution is 6.28. The molecule has 0 bridgehead atoms. The molecule has 0 aliphatic carbocycles. The number of carbonyl (C=O) groups excluding carboxylic acids is 3. The van der Waals surface area contributed by atoms with Gasteiger partial charge in [0.25, 0.3) is 11.8 Å². The molecule has 4 amide bonds. The van der Waals surface area contributed by atoms with Crippen molar-refractivity contribution in [2.24, 2.45) is 0 Å². The number of hydrogen-bond donors (Lipinski definition) is 1. The highest BCUT2D eigenvalue weighted by atomic mass is 16.2. The van der Waals surface area contributed by atoms with Gasteiger partial charge in [-0.15, -0.1) is 0 Å². The molecule has 0 spiro atoms.